The Kier molecular flexibility index (Phi) is 3.47. The van der Waals surface area contributed by atoms with Gasteiger partial charge in [0.2, 0.25) is 5.91 Å². The molecule has 2 aliphatic heterocycles. The lowest BCUT2D eigenvalue weighted by Crippen LogP contribution is -2.57. The van der Waals surface area contributed by atoms with Gasteiger partial charge in [-0.2, -0.15) is 0 Å². The van der Waals surface area contributed by atoms with E-state index in [0.29, 0.717) is 5.91 Å². The predicted octanol–water partition coefficient (Wildman–Crippen LogP) is 0.460. The molecular formula is C11H21N3OS. The van der Waals surface area contributed by atoms with E-state index in [-0.39, 0.29) is 5.54 Å². The highest BCUT2D eigenvalue weighted by Crippen LogP contribution is 2.29. The fourth-order valence-electron chi connectivity index (χ4n) is 2.61. The number of piperazine rings is 1. The van der Waals surface area contributed by atoms with Crippen molar-refractivity contribution in [3.05, 3.63) is 0 Å². The van der Waals surface area contributed by atoms with Gasteiger partial charge in [-0.05, 0) is 33.4 Å². The average Bonchev–Trinajstić information content (AvgIpc) is 2.61. The molecule has 0 bridgehead atoms. The van der Waals surface area contributed by atoms with Gasteiger partial charge in [-0.25, -0.2) is 4.31 Å². The third-order valence-electron chi connectivity index (χ3n) is 4.00. The number of rotatable bonds is 1. The monoisotopic (exact) mass is 243 g/mol. The maximum absolute atomic E-state index is 12.5. The van der Waals surface area contributed by atoms with Gasteiger partial charge in [0.1, 0.15) is 0 Å². The summed E-state index contributed by atoms with van der Waals surface area (Å²) in [7, 11) is 2.06. The number of nitrogens with zero attached hydrogens (tertiary/aromatic N) is 3. The van der Waals surface area contributed by atoms with E-state index >= 15 is 0 Å². The van der Waals surface area contributed by atoms with Crippen molar-refractivity contribution in [1.29, 1.82) is 0 Å². The molecule has 0 aromatic carbocycles. The summed E-state index contributed by atoms with van der Waals surface area (Å²) in [6, 6.07) is 0. The second kappa shape index (κ2) is 4.55. The average molecular weight is 243 g/mol. The number of thiol groups is 1. The van der Waals surface area contributed by atoms with Crippen LogP contribution in [0.1, 0.15) is 19.8 Å². The van der Waals surface area contributed by atoms with E-state index in [1.807, 2.05) is 9.21 Å². The molecule has 2 rings (SSSR count). The summed E-state index contributed by atoms with van der Waals surface area (Å²) in [6.07, 6.45) is 2.12. The van der Waals surface area contributed by atoms with Crippen LogP contribution in [0.5, 0.6) is 0 Å². The minimum Gasteiger partial charge on any atom is -0.338 e. The third-order valence-corrected chi connectivity index (χ3v) is 4.40. The fraction of sp³-hybridized carbons (Fsp3) is 0.909. The zero-order chi connectivity index (χ0) is 11.8. The molecule has 2 heterocycles. The van der Waals surface area contributed by atoms with Crippen molar-refractivity contribution in [2.24, 2.45) is 0 Å². The highest BCUT2D eigenvalue weighted by Gasteiger charge is 2.43. The molecule has 1 unspecified atom stereocenters. The highest BCUT2D eigenvalue weighted by atomic mass is 32.1. The Morgan fingerprint density at radius 3 is 2.31 bits per heavy atom. The molecule has 2 aliphatic rings. The molecule has 92 valence electrons. The SMILES string of the molecule is CN1CCCC1(C)C(=O)N1CCN(S)CC1. The Morgan fingerprint density at radius 1 is 1.19 bits per heavy atom. The van der Waals surface area contributed by atoms with Gasteiger partial charge < -0.3 is 4.90 Å². The largest absolute Gasteiger partial charge is 0.338 e. The molecule has 5 heteroatoms. The Labute approximate surface area is 103 Å². The minimum absolute atomic E-state index is 0.265. The molecule has 2 saturated heterocycles. The lowest BCUT2D eigenvalue weighted by Gasteiger charge is -2.39. The van der Waals surface area contributed by atoms with Crippen LogP contribution in [-0.2, 0) is 4.79 Å². The first kappa shape index (κ1) is 12.2. The van der Waals surface area contributed by atoms with Gasteiger partial charge >= 0.3 is 0 Å². The van der Waals surface area contributed by atoms with Crippen molar-refractivity contribution in [2.45, 2.75) is 25.3 Å². The molecule has 4 nitrogen and oxygen atoms in total. The van der Waals surface area contributed by atoms with Crippen LogP contribution < -0.4 is 0 Å². The van der Waals surface area contributed by atoms with E-state index < -0.39 is 0 Å². The van der Waals surface area contributed by atoms with Crippen LogP contribution in [0.2, 0.25) is 0 Å². The van der Waals surface area contributed by atoms with Crippen LogP contribution >= 0.6 is 12.8 Å². The molecule has 0 N–H and O–H groups in total. The number of amides is 1. The first-order valence-corrected chi connectivity index (χ1v) is 6.38. The zero-order valence-electron chi connectivity index (χ0n) is 10.1. The van der Waals surface area contributed by atoms with Gasteiger partial charge in [0.25, 0.3) is 0 Å². The molecule has 0 saturated carbocycles. The van der Waals surface area contributed by atoms with Gasteiger partial charge in [0.15, 0.2) is 0 Å². The van der Waals surface area contributed by atoms with E-state index in [9.17, 15) is 4.79 Å². The first-order valence-electron chi connectivity index (χ1n) is 5.98. The smallest absolute Gasteiger partial charge is 0.242 e. The van der Waals surface area contributed by atoms with E-state index in [2.05, 4.69) is 31.7 Å². The van der Waals surface area contributed by atoms with Gasteiger partial charge in [-0.15, -0.1) is 0 Å². The van der Waals surface area contributed by atoms with Gasteiger partial charge in [0, 0.05) is 26.2 Å². The fourth-order valence-corrected chi connectivity index (χ4v) is 2.79. The third kappa shape index (κ3) is 2.08. The summed E-state index contributed by atoms with van der Waals surface area (Å²) < 4.78 is 1.98. The minimum atomic E-state index is -0.265. The van der Waals surface area contributed by atoms with Crippen LogP contribution in [0.25, 0.3) is 0 Å². The maximum Gasteiger partial charge on any atom is 0.242 e. The molecule has 2 fully saturated rings. The standard InChI is InChI=1S/C11H21N3OS/c1-11(4-3-5-12(11)2)10(15)13-6-8-14(16)9-7-13/h16H,3-9H2,1-2H3. The molecular weight excluding hydrogens is 222 g/mol. The highest BCUT2D eigenvalue weighted by molar-refractivity contribution is 7.77. The molecule has 16 heavy (non-hydrogen) atoms. The van der Waals surface area contributed by atoms with Crippen molar-refractivity contribution in [1.82, 2.24) is 14.1 Å². The number of hydrogen-bond donors (Lipinski definition) is 1. The van der Waals surface area contributed by atoms with Gasteiger partial charge in [0.05, 0.1) is 5.54 Å². The second-order valence-corrected chi connectivity index (χ2v) is 5.61. The molecule has 0 radical (unpaired) electrons. The normalized spacial score (nSPS) is 33.3. The summed E-state index contributed by atoms with van der Waals surface area (Å²) in [5, 5.41) is 0. The Bertz CT molecular complexity index is 278. The lowest BCUT2D eigenvalue weighted by atomic mass is 9.97. The van der Waals surface area contributed by atoms with E-state index in [4.69, 9.17) is 0 Å². The summed E-state index contributed by atoms with van der Waals surface area (Å²) in [5.41, 5.74) is -0.265. The van der Waals surface area contributed by atoms with Crippen LogP contribution in [-0.4, -0.2) is 65.3 Å². The second-order valence-electron chi connectivity index (χ2n) is 5.04. The van der Waals surface area contributed by atoms with Crippen molar-refractivity contribution < 1.29 is 4.79 Å². The Morgan fingerprint density at radius 2 is 1.81 bits per heavy atom. The summed E-state index contributed by atoms with van der Waals surface area (Å²) in [5.74, 6) is 0.300. The van der Waals surface area contributed by atoms with Gasteiger partial charge in [-0.1, -0.05) is 12.8 Å². The molecule has 0 aliphatic carbocycles. The Balaban J connectivity index is 2.01. The zero-order valence-corrected chi connectivity index (χ0v) is 11.0. The number of carbonyl (C=O) groups is 1. The summed E-state index contributed by atoms with van der Waals surface area (Å²) >= 11 is 4.30. The van der Waals surface area contributed by atoms with E-state index in [0.717, 1.165) is 45.6 Å². The van der Waals surface area contributed by atoms with Crippen LogP contribution in [0.3, 0.4) is 0 Å². The summed E-state index contributed by atoms with van der Waals surface area (Å²) in [6.45, 7) is 6.48. The lowest BCUT2D eigenvalue weighted by molar-refractivity contribution is -0.142. The maximum atomic E-state index is 12.5. The first-order chi connectivity index (χ1) is 7.54. The predicted molar refractivity (Wildman–Crippen MR) is 67.4 cm³/mol. The van der Waals surface area contributed by atoms with E-state index in [1.165, 1.54) is 0 Å². The summed E-state index contributed by atoms with van der Waals surface area (Å²) in [4.78, 5) is 16.7. The molecule has 0 aromatic heterocycles. The van der Waals surface area contributed by atoms with Crippen molar-refractivity contribution in [3.8, 4) is 0 Å². The van der Waals surface area contributed by atoms with Crippen LogP contribution in [0, 0.1) is 0 Å². The molecule has 1 amide bonds. The van der Waals surface area contributed by atoms with Crippen molar-refractivity contribution in [2.75, 3.05) is 39.8 Å². The van der Waals surface area contributed by atoms with Gasteiger partial charge in [-0.3, -0.25) is 9.69 Å². The van der Waals surface area contributed by atoms with Crippen molar-refractivity contribution >= 4 is 18.7 Å². The number of likely N-dealkylation sites (tertiary alicyclic amines) is 1. The molecule has 0 aromatic rings. The number of hydrogen-bond acceptors (Lipinski definition) is 4. The number of carbonyl (C=O) groups excluding carboxylic acids is 1. The molecule has 1 atom stereocenters. The number of likely N-dealkylation sites (N-methyl/N-ethyl adjacent to an activating group) is 1. The quantitative estimate of drug-likeness (QED) is 0.678. The van der Waals surface area contributed by atoms with Crippen molar-refractivity contribution in [3.63, 3.8) is 0 Å². The Hall–Kier alpha value is -0.260. The molecule has 0 spiro atoms. The van der Waals surface area contributed by atoms with Crippen LogP contribution in [0.15, 0.2) is 0 Å². The topological polar surface area (TPSA) is 26.8 Å². The van der Waals surface area contributed by atoms with E-state index in [1.54, 1.807) is 0 Å². The van der Waals surface area contributed by atoms with Crippen LogP contribution in [0.4, 0.5) is 0 Å².